The molecule has 32 heavy (non-hydrogen) atoms. The number of nitrogens with one attached hydrogen (secondary N) is 2. The van der Waals surface area contributed by atoms with Crippen molar-refractivity contribution in [3.05, 3.63) is 65.5 Å². The first-order valence-corrected chi connectivity index (χ1v) is 12.7. The quantitative estimate of drug-likeness (QED) is 0.327. The zero-order valence-corrected chi connectivity index (χ0v) is 18.7. The molecule has 0 radical (unpaired) electrons. The highest BCUT2D eigenvalue weighted by atomic mass is 32.2. The van der Waals surface area contributed by atoms with Gasteiger partial charge >= 0.3 is 0 Å². The van der Waals surface area contributed by atoms with E-state index < -0.39 is 20.1 Å². The van der Waals surface area contributed by atoms with E-state index in [0.29, 0.717) is 24.4 Å². The van der Waals surface area contributed by atoms with E-state index in [1.54, 1.807) is 6.07 Å². The average Bonchev–Trinajstić information content (AvgIpc) is 2.70. The Balaban J connectivity index is 1.70. The molecule has 170 valence electrons. The third kappa shape index (κ3) is 7.23. The molecule has 0 aliphatic carbocycles. The van der Waals surface area contributed by atoms with Gasteiger partial charge in [0.05, 0.1) is 11.2 Å². The number of rotatable bonds is 9. The molecule has 0 atom stereocenters. The van der Waals surface area contributed by atoms with E-state index in [1.807, 2.05) is 24.3 Å². The van der Waals surface area contributed by atoms with Gasteiger partial charge in [-0.1, -0.05) is 30.3 Å². The molecular weight excluding hydrogens is 456 g/mol. The van der Waals surface area contributed by atoms with Crippen LogP contribution in [-0.4, -0.2) is 42.6 Å². The van der Waals surface area contributed by atoms with Crippen molar-refractivity contribution in [2.45, 2.75) is 24.3 Å². The molecule has 13 heteroatoms. The minimum Gasteiger partial charge on any atom is -0.368 e. The molecule has 3 rings (SSSR count). The van der Waals surface area contributed by atoms with E-state index >= 15 is 0 Å². The molecule has 0 bridgehead atoms. The second kappa shape index (κ2) is 9.56. The lowest BCUT2D eigenvalue weighted by atomic mass is 10.1. The zero-order valence-electron chi connectivity index (χ0n) is 17.1. The molecule has 0 amide bonds. The Morgan fingerprint density at radius 1 is 0.938 bits per heavy atom. The van der Waals surface area contributed by atoms with Gasteiger partial charge in [0.25, 0.3) is 10.1 Å². The van der Waals surface area contributed by atoms with Crippen LogP contribution in [0.1, 0.15) is 17.0 Å². The topological polar surface area (TPSA) is 177 Å². The highest BCUT2D eigenvalue weighted by Gasteiger charge is 2.11. The van der Waals surface area contributed by atoms with Crippen molar-refractivity contribution >= 4 is 37.7 Å². The molecule has 5 N–H and O–H groups in total. The molecule has 1 heterocycles. The minimum absolute atomic E-state index is 0.00506. The van der Waals surface area contributed by atoms with E-state index in [4.69, 9.17) is 5.73 Å². The average molecular weight is 479 g/mol. The van der Waals surface area contributed by atoms with E-state index in [9.17, 15) is 21.4 Å². The van der Waals surface area contributed by atoms with Crippen LogP contribution in [0.2, 0.25) is 0 Å². The first kappa shape index (κ1) is 23.5. The minimum atomic E-state index is -4.34. The summed E-state index contributed by atoms with van der Waals surface area (Å²) in [5, 5.41) is 2.85. The summed E-state index contributed by atoms with van der Waals surface area (Å²) in [6.45, 7) is 0.196. The Bertz CT molecular complexity index is 1330. The highest BCUT2D eigenvalue weighted by Crippen LogP contribution is 2.19. The molecule has 11 nitrogen and oxygen atoms in total. The van der Waals surface area contributed by atoms with Crippen LogP contribution in [0.3, 0.4) is 0 Å². The summed E-state index contributed by atoms with van der Waals surface area (Å²) in [6, 6.07) is 13.0. The molecule has 0 saturated carbocycles. The SMILES string of the molecule is CS(=O)(=O)NCc1cccc(CCc2nc(N)nc(Nc3cccc(S(=O)(=O)O)c3)n2)c1. The maximum Gasteiger partial charge on any atom is 0.294 e. The van der Waals surface area contributed by atoms with E-state index in [1.165, 1.54) is 18.2 Å². The third-order valence-corrected chi connectivity index (χ3v) is 5.77. The summed E-state index contributed by atoms with van der Waals surface area (Å²) >= 11 is 0. The summed E-state index contributed by atoms with van der Waals surface area (Å²) in [4.78, 5) is 12.2. The first-order valence-electron chi connectivity index (χ1n) is 9.35. The van der Waals surface area contributed by atoms with Crippen LogP contribution < -0.4 is 15.8 Å². The van der Waals surface area contributed by atoms with Gasteiger partial charge in [-0.15, -0.1) is 0 Å². The maximum absolute atomic E-state index is 11.3. The highest BCUT2D eigenvalue weighted by molar-refractivity contribution is 7.88. The Labute approximate surface area is 185 Å². The van der Waals surface area contributed by atoms with Gasteiger partial charge in [0.1, 0.15) is 5.82 Å². The van der Waals surface area contributed by atoms with Crippen LogP contribution in [-0.2, 0) is 39.5 Å². The first-order chi connectivity index (χ1) is 15.0. The van der Waals surface area contributed by atoms with Crippen molar-refractivity contribution in [2.24, 2.45) is 0 Å². The maximum atomic E-state index is 11.3. The van der Waals surface area contributed by atoms with Crippen molar-refractivity contribution in [3.63, 3.8) is 0 Å². The van der Waals surface area contributed by atoms with Gasteiger partial charge in [-0.25, -0.2) is 13.1 Å². The number of hydrogen-bond acceptors (Lipinski definition) is 9. The lowest BCUT2D eigenvalue weighted by molar-refractivity contribution is 0.483. The molecule has 3 aromatic rings. The summed E-state index contributed by atoms with van der Waals surface area (Å²) in [6.07, 6.45) is 2.12. The monoisotopic (exact) mass is 478 g/mol. The van der Waals surface area contributed by atoms with Crippen molar-refractivity contribution in [3.8, 4) is 0 Å². The molecule has 0 aliphatic rings. The largest absolute Gasteiger partial charge is 0.368 e. The standard InChI is InChI=1S/C19H22N6O5S2/c1-31(26,27)21-12-14-5-2-4-13(10-14)8-9-17-23-18(20)25-19(24-17)22-15-6-3-7-16(11-15)32(28,29)30/h2-7,10-11,21H,8-9,12H2,1H3,(H,28,29,30)(H3,20,22,23,24,25). The molecule has 2 aromatic carbocycles. The summed E-state index contributed by atoms with van der Waals surface area (Å²) in [5.74, 6) is 0.547. The molecule has 0 spiro atoms. The van der Waals surface area contributed by atoms with Crippen LogP contribution in [0, 0.1) is 0 Å². The fraction of sp³-hybridized carbons (Fsp3) is 0.211. The number of sulfonamides is 1. The Hall–Kier alpha value is -3.13. The van der Waals surface area contributed by atoms with Gasteiger partial charge < -0.3 is 11.1 Å². The summed E-state index contributed by atoms with van der Waals surface area (Å²) < 4.78 is 56.8. The van der Waals surface area contributed by atoms with E-state index in [2.05, 4.69) is 25.0 Å². The number of hydrogen-bond donors (Lipinski definition) is 4. The van der Waals surface area contributed by atoms with Gasteiger partial charge in [0, 0.05) is 18.7 Å². The number of nitrogens with zero attached hydrogens (tertiary/aromatic N) is 3. The normalized spacial score (nSPS) is 11.9. The molecular formula is C19H22N6O5S2. The molecule has 0 saturated heterocycles. The summed E-state index contributed by atoms with van der Waals surface area (Å²) in [7, 11) is -7.63. The smallest absolute Gasteiger partial charge is 0.294 e. The number of nitrogen functional groups attached to an aromatic ring is 1. The van der Waals surface area contributed by atoms with Gasteiger partial charge in [0.2, 0.25) is 21.9 Å². The van der Waals surface area contributed by atoms with Crippen molar-refractivity contribution in [2.75, 3.05) is 17.3 Å². The van der Waals surface area contributed by atoms with E-state index in [-0.39, 0.29) is 23.3 Å². The van der Waals surface area contributed by atoms with Crippen LogP contribution in [0.5, 0.6) is 0 Å². The van der Waals surface area contributed by atoms with Gasteiger partial charge in [-0.3, -0.25) is 4.55 Å². The summed E-state index contributed by atoms with van der Waals surface area (Å²) in [5.41, 5.74) is 7.92. The molecule has 0 fully saturated rings. The molecule has 1 aromatic heterocycles. The Morgan fingerprint density at radius 3 is 2.38 bits per heavy atom. The van der Waals surface area contributed by atoms with Crippen molar-refractivity contribution < 1.29 is 21.4 Å². The fourth-order valence-electron chi connectivity index (χ4n) is 2.83. The number of nitrogens with two attached hydrogens (primary N) is 1. The number of aromatic nitrogens is 3. The second-order valence-corrected chi connectivity index (χ2v) is 10.2. The predicted molar refractivity (Wildman–Crippen MR) is 119 cm³/mol. The third-order valence-electron chi connectivity index (χ3n) is 4.25. The van der Waals surface area contributed by atoms with Gasteiger partial charge in [-0.05, 0) is 35.7 Å². The van der Waals surface area contributed by atoms with Gasteiger partial charge in [0.15, 0.2) is 0 Å². The number of aryl methyl sites for hydroxylation is 2. The van der Waals surface area contributed by atoms with Gasteiger partial charge in [-0.2, -0.15) is 23.4 Å². The predicted octanol–water partition coefficient (Wildman–Crippen LogP) is 1.28. The zero-order chi connectivity index (χ0) is 23.4. The molecule has 0 unspecified atom stereocenters. The van der Waals surface area contributed by atoms with Crippen LogP contribution in [0.25, 0.3) is 0 Å². The van der Waals surface area contributed by atoms with Crippen LogP contribution in [0.15, 0.2) is 53.4 Å². The Kier molecular flexibility index (Phi) is 7.03. The van der Waals surface area contributed by atoms with Crippen molar-refractivity contribution in [1.29, 1.82) is 0 Å². The number of anilines is 3. The Morgan fingerprint density at radius 2 is 1.66 bits per heavy atom. The molecule has 0 aliphatic heterocycles. The second-order valence-electron chi connectivity index (χ2n) is 6.97. The van der Waals surface area contributed by atoms with Crippen LogP contribution in [0.4, 0.5) is 17.6 Å². The lowest BCUT2D eigenvalue weighted by Gasteiger charge is -2.09. The van der Waals surface area contributed by atoms with Crippen molar-refractivity contribution in [1.82, 2.24) is 19.7 Å². The van der Waals surface area contributed by atoms with E-state index in [0.717, 1.165) is 17.4 Å². The lowest BCUT2D eigenvalue weighted by Crippen LogP contribution is -2.21. The van der Waals surface area contributed by atoms with Crippen LogP contribution >= 0.6 is 0 Å². The fourth-order valence-corrected chi connectivity index (χ4v) is 3.79. The number of benzene rings is 2.